The minimum absolute atomic E-state index is 0.0365. The van der Waals surface area contributed by atoms with Crippen LogP contribution in [0, 0.1) is 6.92 Å². The SMILES string of the molecule is Cc1[nH]c(C(F)(F)F)c(Br)c(=O)c1-c1ccc(Oc2ccc(OC(F)(F)F)cc2)cc1. The molecule has 164 valence electrons. The Kier molecular flexibility index (Phi) is 6.08. The number of aryl methyl sites for hydroxylation is 1. The molecule has 0 radical (unpaired) electrons. The molecule has 0 unspecified atom stereocenters. The molecule has 0 fully saturated rings. The van der Waals surface area contributed by atoms with Crippen molar-refractivity contribution in [2.24, 2.45) is 0 Å². The number of nitrogens with one attached hydrogen (secondary N) is 1. The van der Waals surface area contributed by atoms with E-state index in [1.165, 1.54) is 43.3 Å². The van der Waals surface area contributed by atoms with Gasteiger partial charge in [0, 0.05) is 11.3 Å². The molecule has 1 aromatic heterocycles. The molecule has 0 aliphatic rings. The predicted molar refractivity (Wildman–Crippen MR) is 103 cm³/mol. The summed E-state index contributed by atoms with van der Waals surface area (Å²) in [5, 5.41) is 0. The molecule has 4 nitrogen and oxygen atoms in total. The van der Waals surface area contributed by atoms with E-state index < -0.39 is 33.9 Å². The predicted octanol–water partition coefficient (Wildman–Crippen LogP) is 6.82. The molecule has 0 atom stereocenters. The third-order valence-electron chi connectivity index (χ3n) is 4.05. The molecule has 0 bridgehead atoms. The van der Waals surface area contributed by atoms with Gasteiger partial charge in [-0.15, -0.1) is 13.2 Å². The summed E-state index contributed by atoms with van der Waals surface area (Å²) in [5.74, 6) is 0.125. The summed E-state index contributed by atoms with van der Waals surface area (Å²) in [6.07, 6.45) is -9.53. The van der Waals surface area contributed by atoms with Gasteiger partial charge in [0.05, 0.1) is 4.47 Å². The molecule has 3 aromatic rings. The molecule has 0 aliphatic heterocycles. The number of H-pyrrole nitrogens is 1. The van der Waals surface area contributed by atoms with Gasteiger partial charge in [0.1, 0.15) is 22.9 Å². The van der Waals surface area contributed by atoms with E-state index in [1.54, 1.807) is 0 Å². The number of aromatic amines is 1. The van der Waals surface area contributed by atoms with Crippen molar-refractivity contribution in [3.8, 4) is 28.4 Å². The summed E-state index contributed by atoms with van der Waals surface area (Å²) in [6, 6.07) is 10.6. The molecule has 3 rings (SSSR count). The normalized spacial score (nSPS) is 12.0. The Morgan fingerprint density at radius 1 is 0.839 bits per heavy atom. The number of pyridine rings is 1. The van der Waals surface area contributed by atoms with Crippen molar-refractivity contribution in [3.63, 3.8) is 0 Å². The maximum Gasteiger partial charge on any atom is 0.573 e. The number of rotatable bonds is 4. The molecule has 0 amide bonds. The highest BCUT2D eigenvalue weighted by Crippen LogP contribution is 2.34. The minimum Gasteiger partial charge on any atom is -0.457 e. The van der Waals surface area contributed by atoms with Gasteiger partial charge in [-0.1, -0.05) is 12.1 Å². The second-order valence-electron chi connectivity index (χ2n) is 6.29. The van der Waals surface area contributed by atoms with Crippen LogP contribution in [0.3, 0.4) is 0 Å². The smallest absolute Gasteiger partial charge is 0.457 e. The number of benzene rings is 2. The fourth-order valence-electron chi connectivity index (χ4n) is 2.78. The third kappa shape index (κ3) is 5.40. The van der Waals surface area contributed by atoms with Crippen LogP contribution in [-0.4, -0.2) is 11.3 Å². The van der Waals surface area contributed by atoms with Crippen molar-refractivity contribution in [3.05, 3.63) is 74.6 Å². The molecule has 0 saturated carbocycles. The van der Waals surface area contributed by atoms with Crippen LogP contribution in [0.1, 0.15) is 11.4 Å². The van der Waals surface area contributed by atoms with Crippen LogP contribution in [0.25, 0.3) is 11.1 Å². The number of hydrogen-bond donors (Lipinski definition) is 1. The Labute approximate surface area is 179 Å². The maximum absolute atomic E-state index is 13.0. The van der Waals surface area contributed by atoms with Gasteiger partial charge in [0.25, 0.3) is 0 Å². The number of aromatic nitrogens is 1. The maximum atomic E-state index is 13.0. The Balaban J connectivity index is 1.83. The molecule has 0 saturated heterocycles. The fourth-order valence-corrected chi connectivity index (χ4v) is 3.30. The first-order chi connectivity index (χ1) is 14.3. The van der Waals surface area contributed by atoms with Crippen LogP contribution in [0.4, 0.5) is 26.3 Å². The summed E-state index contributed by atoms with van der Waals surface area (Å²) in [6.45, 7) is 1.35. The highest BCUT2D eigenvalue weighted by molar-refractivity contribution is 9.10. The van der Waals surface area contributed by atoms with Gasteiger partial charge in [0.15, 0.2) is 0 Å². The zero-order valence-corrected chi connectivity index (χ0v) is 17.1. The zero-order valence-electron chi connectivity index (χ0n) is 15.5. The fraction of sp³-hybridized carbons (Fsp3) is 0.150. The first-order valence-electron chi connectivity index (χ1n) is 8.49. The lowest BCUT2D eigenvalue weighted by Gasteiger charge is -2.14. The molecule has 11 heteroatoms. The van der Waals surface area contributed by atoms with Crippen LogP contribution in [-0.2, 0) is 6.18 Å². The van der Waals surface area contributed by atoms with Crippen molar-refractivity contribution in [1.82, 2.24) is 4.98 Å². The van der Waals surface area contributed by atoms with Crippen LogP contribution < -0.4 is 14.9 Å². The van der Waals surface area contributed by atoms with Crippen molar-refractivity contribution in [2.45, 2.75) is 19.5 Å². The van der Waals surface area contributed by atoms with Gasteiger partial charge < -0.3 is 14.5 Å². The lowest BCUT2D eigenvalue weighted by atomic mass is 10.0. The van der Waals surface area contributed by atoms with E-state index in [9.17, 15) is 31.1 Å². The van der Waals surface area contributed by atoms with Crippen LogP contribution >= 0.6 is 15.9 Å². The lowest BCUT2D eigenvalue weighted by molar-refractivity contribution is -0.274. The molecule has 0 spiro atoms. The molecule has 31 heavy (non-hydrogen) atoms. The van der Waals surface area contributed by atoms with Gasteiger partial charge in [-0.05, 0) is 64.8 Å². The van der Waals surface area contributed by atoms with Crippen molar-refractivity contribution >= 4 is 15.9 Å². The van der Waals surface area contributed by atoms with Gasteiger partial charge in [0.2, 0.25) is 5.43 Å². The van der Waals surface area contributed by atoms with Gasteiger partial charge in [-0.25, -0.2) is 0 Å². The highest BCUT2D eigenvalue weighted by atomic mass is 79.9. The molecule has 1 heterocycles. The summed E-state index contributed by atoms with van der Waals surface area (Å²) < 4.78 is 84.3. The second-order valence-corrected chi connectivity index (χ2v) is 7.08. The van der Waals surface area contributed by atoms with Gasteiger partial charge >= 0.3 is 12.5 Å². The summed E-state index contributed by atoms with van der Waals surface area (Å²) in [7, 11) is 0. The van der Waals surface area contributed by atoms with E-state index in [-0.39, 0.29) is 17.0 Å². The Morgan fingerprint density at radius 3 is 1.81 bits per heavy atom. The molecule has 2 aromatic carbocycles. The average Bonchev–Trinajstić information content (AvgIpc) is 2.65. The first-order valence-corrected chi connectivity index (χ1v) is 9.28. The zero-order chi connectivity index (χ0) is 23.0. The van der Waals surface area contributed by atoms with Crippen LogP contribution in [0.15, 0.2) is 57.8 Å². The van der Waals surface area contributed by atoms with E-state index >= 15 is 0 Å². The largest absolute Gasteiger partial charge is 0.573 e. The Bertz CT molecular complexity index is 1140. The van der Waals surface area contributed by atoms with E-state index in [0.717, 1.165) is 12.1 Å². The standard InChI is InChI=1S/C20H12BrF6NO3/c1-10-15(17(29)16(21)18(28-10)19(22,23)24)11-2-4-12(5-3-11)30-13-6-8-14(9-7-13)31-20(25,26)27/h2-9H,1H3,(H,28,29). The summed E-state index contributed by atoms with van der Waals surface area (Å²) in [5.41, 5.74) is -1.54. The summed E-state index contributed by atoms with van der Waals surface area (Å²) >= 11 is 2.71. The molecular formula is C20H12BrF6NO3. The van der Waals surface area contributed by atoms with Crippen LogP contribution in [0.5, 0.6) is 17.2 Å². The topological polar surface area (TPSA) is 51.3 Å². The number of halogens is 7. The lowest BCUT2D eigenvalue weighted by Crippen LogP contribution is -2.19. The minimum atomic E-state index is -4.80. The first kappa shape index (κ1) is 22.7. The molecular weight excluding hydrogens is 496 g/mol. The van der Waals surface area contributed by atoms with Gasteiger partial charge in [-0.3, -0.25) is 4.79 Å². The number of alkyl halides is 6. The number of ether oxygens (including phenoxy) is 2. The Morgan fingerprint density at radius 2 is 1.32 bits per heavy atom. The monoisotopic (exact) mass is 507 g/mol. The van der Waals surface area contributed by atoms with E-state index in [1.807, 2.05) is 0 Å². The summed E-state index contributed by atoms with van der Waals surface area (Å²) in [4.78, 5) is 14.7. The molecule has 0 aliphatic carbocycles. The van der Waals surface area contributed by atoms with Gasteiger partial charge in [-0.2, -0.15) is 13.2 Å². The van der Waals surface area contributed by atoms with Crippen molar-refractivity contribution in [1.29, 1.82) is 0 Å². The molecule has 1 N–H and O–H groups in total. The van der Waals surface area contributed by atoms with E-state index in [2.05, 4.69) is 25.7 Å². The highest BCUT2D eigenvalue weighted by Gasteiger charge is 2.36. The quantitative estimate of drug-likeness (QED) is 0.394. The average molecular weight is 508 g/mol. The van der Waals surface area contributed by atoms with Crippen molar-refractivity contribution < 1.29 is 35.8 Å². The van der Waals surface area contributed by atoms with E-state index in [4.69, 9.17) is 4.74 Å². The van der Waals surface area contributed by atoms with E-state index in [0.29, 0.717) is 11.3 Å². The Hall–Kier alpha value is -2.95. The van der Waals surface area contributed by atoms with Crippen molar-refractivity contribution in [2.75, 3.05) is 0 Å². The van der Waals surface area contributed by atoms with Crippen LogP contribution in [0.2, 0.25) is 0 Å². The number of hydrogen-bond acceptors (Lipinski definition) is 3. The third-order valence-corrected chi connectivity index (χ3v) is 4.81. The second kappa shape index (κ2) is 8.29.